The quantitative estimate of drug-likeness (QED) is 0.350. The second kappa shape index (κ2) is 11.6. The zero-order chi connectivity index (χ0) is 25.8. The Balaban J connectivity index is 2.57. The highest BCUT2D eigenvalue weighted by molar-refractivity contribution is 6.77. The molecule has 2 rings (SSSR count). The molecule has 0 amide bonds. The van der Waals surface area contributed by atoms with E-state index in [1.54, 1.807) is 0 Å². The molecule has 1 aromatic rings. The van der Waals surface area contributed by atoms with Crippen LogP contribution in [0, 0.1) is 0 Å². The van der Waals surface area contributed by atoms with Gasteiger partial charge in [0.15, 0.2) is 12.3 Å². The van der Waals surface area contributed by atoms with Gasteiger partial charge >= 0.3 is 11.7 Å². The van der Waals surface area contributed by atoms with Crippen LogP contribution in [0.15, 0.2) is 21.9 Å². The van der Waals surface area contributed by atoms with Crippen LogP contribution in [0.2, 0.25) is 16.6 Å². The van der Waals surface area contributed by atoms with E-state index < -0.39 is 56.7 Å². The zero-order valence-electron chi connectivity index (χ0n) is 21.1. The number of carbonyl (C=O) groups is 2. The van der Waals surface area contributed by atoms with Crippen LogP contribution in [-0.4, -0.2) is 59.6 Å². The number of hydrogen-bond donors (Lipinski definition) is 2. The third-order valence-corrected chi connectivity index (χ3v) is 12.7. The maximum Gasteiger partial charge on any atom is 0.330 e. The summed E-state index contributed by atoms with van der Waals surface area (Å²) >= 11 is 0. The van der Waals surface area contributed by atoms with E-state index in [-0.39, 0.29) is 35.2 Å². The molecule has 2 heterocycles. The second-order valence-electron chi connectivity index (χ2n) is 9.82. The summed E-state index contributed by atoms with van der Waals surface area (Å²) in [4.78, 5) is 50.3. The van der Waals surface area contributed by atoms with Gasteiger partial charge in [-0.05, 0) is 23.5 Å². The Morgan fingerprint density at radius 2 is 1.68 bits per heavy atom. The van der Waals surface area contributed by atoms with Gasteiger partial charge in [-0.3, -0.25) is 19.1 Å². The van der Waals surface area contributed by atoms with Crippen LogP contribution >= 0.6 is 0 Å². The Hall–Kier alpha value is -2.08. The number of carbonyl (C=O) groups excluding carboxylic acids is 2. The molecule has 0 bridgehead atoms. The van der Waals surface area contributed by atoms with Gasteiger partial charge in [0, 0.05) is 18.7 Å². The summed E-state index contributed by atoms with van der Waals surface area (Å²) in [7, 11) is -2.56. The number of ether oxygens (including phenoxy) is 2. The van der Waals surface area contributed by atoms with Crippen LogP contribution in [0.1, 0.15) is 67.5 Å². The van der Waals surface area contributed by atoms with Crippen LogP contribution in [0.25, 0.3) is 0 Å². The molecule has 1 fully saturated rings. The van der Waals surface area contributed by atoms with E-state index in [0.717, 1.165) is 0 Å². The van der Waals surface area contributed by atoms with Crippen molar-refractivity contribution in [2.45, 2.75) is 102 Å². The first-order valence-corrected chi connectivity index (χ1v) is 13.9. The molecule has 1 aliphatic rings. The summed E-state index contributed by atoms with van der Waals surface area (Å²) in [6, 6.07) is 1.19. The number of ketones is 1. The molecule has 0 radical (unpaired) electrons. The highest BCUT2D eigenvalue weighted by Gasteiger charge is 2.55. The topological polar surface area (TPSA) is 137 Å². The Morgan fingerprint density at radius 3 is 2.15 bits per heavy atom. The van der Waals surface area contributed by atoms with Crippen molar-refractivity contribution < 1.29 is 28.6 Å². The summed E-state index contributed by atoms with van der Waals surface area (Å²) in [5.74, 6) is -0.758. The summed E-state index contributed by atoms with van der Waals surface area (Å²) in [5.41, 5.74) is -0.705. The first-order chi connectivity index (χ1) is 15.8. The summed E-state index contributed by atoms with van der Waals surface area (Å²) in [5, 5.41) is 10.0. The Labute approximate surface area is 200 Å². The van der Waals surface area contributed by atoms with Crippen LogP contribution in [0.5, 0.6) is 0 Å². The monoisotopic (exact) mass is 498 g/mol. The highest BCUT2D eigenvalue weighted by atomic mass is 28.4. The molecule has 192 valence electrons. The van der Waals surface area contributed by atoms with Gasteiger partial charge in [0.25, 0.3) is 5.56 Å². The maximum atomic E-state index is 12.6. The number of aliphatic hydroxyl groups is 1. The van der Waals surface area contributed by atoms with Gasteiger partial charge in [0.2, 0.25) is 8.32 Å². The number of hydrogen-bond acceptors (Lipinski definition) is 8. The Morgan fingerprint density at radius 1 is 1.09 bits per heavy atom. The second-order valence-corrected chi connectivity index (χ2v) is 15.2. The molecule has 1 saturated heterocycles. The highest BCUT2D eigenvalue weighted by Crippen LogP contribution is 2.46. The molecule has 4 atom stereocenters. The predicted molar refractivity (Wildman–Crippen MR) is 128 cm³/mol. The molecule has 34 heavy (non-hydrogen) atoms. The molecule has 0 aliphatic carbocycles. The van der Waals surface area contributed by atoms with Crippen molar-refractivity contribution in [3.63, 3.8) is 0 Å². The molecule has 1 aromatic heterocycles. The van der Waals surface area contributed by atoms with E-state index in [0.29, 0.717) is 0 Å². The lowest BCUT2D eigenvalue weighted by Crippen LogP contribution is -2.54. The minimum absolute atomic E-state index is 0.0349. The minimum Gasteiger partial charge on any atom is -0.457 e. The third-order valence-electron chi connectivity index (χ3n) is 6.59. The molecule has 0 aromatic carbocycles. The zero-order valence-corrected chi connectivity index (χ0v) is 22.1. The molecule has 0 unspecified atom stereocenters. The number of H-pyrrole nitrogens is 1. The minimum atomic E-state index is -2.56. The standard InChI is InChI=1S/C23H38N2O8Si/c1-13(2)34(14(3)4,15(5)6)33-21-20(32-19(29)9-8-16(7)27)17(12-26)31-22(21)25-11-10-18(28)24-23(25)30/h10-11,13-15,17,20-22,26H,8-9,12H2,1-7H3,(H,24,28,30)/t17-,20-,21-,22-/m1/s1. The van der Waals surface area contributed by atoms with Crippen molar-refractivity contribution in [3.05, 3.63) is 33.1 Å². The normalized spacial score (nSPS) is 23.1. The van der Waals surface area contributed by atoms with E-state index in [4.69, 9.17) is 13.9 Å². The number of aromatic amines is 1. The predicted octanol–water partition coefficient (Wildman–Crippen LogP) is 2.27. The number of esters is 1. The fourth-order valence-corrected chi connectivity index (χ4v) is 10.6. The summed E-state index contributed by atoms with van der Waals surface area (Å²) in [6.07, 6.45) is -2.66. The number of Topliss-reactive ketones (excluding diaryl/α,β-unsaturated/α-hetero) is 1. The lowest BCUT2D eigenvalue weighted by atomic mass is 10.1. The molecule has 1 aliphatic heterocycles. The van der Waals surface area contributed by atoms with Gasteiger partial charge in [-0.1, -0.05) is 41.5 Å². The van der Waals surface area contributed by atoms with E-state index in [1.807, 2.05) is 0 Å². The first-order valence-electron chi connectivity index (χ1n) is 11.8. The smallest absolute Gasteiger partial charge is 0.330 e. The lowest BCUT2D eigenvalue weighted by molar-refractivity contribution is -0.156. The van der Waals surface area contributed by atoms with Crippen molar-refractivity contribution >= 4 is 20.1 Å². The van der Waals surface area contributed by atoms with E-state index in [9.17, 15) is 24.3 Å². The maximum absolute atomic E-state index is 12.6. The lowest BCUT2D eigenvalue weighted by Gasteiger charge is -2.45. The summed E-state index contributed by atoms with van der Waals surface area (Å²) in [6.45, 7) is 13.5. The van der Waals surface area contributed by atoms with Crippen molar-refractivity contribution in [2.24, 2.45) is 0 Å². The SMILES string of the molecule is CC(=O)CCC(=O)O[C@H]1[C@@H](O[Si](C(C)C)(C(C)C)C(C)C)[C@H](n2ccc(=O)[nH]c2=O)O[C@@H]1CO. The van der Waals surface area contributed by atoms with E-state index in [2.05, 4.69) is 46.5 Å². The molecular weight excluding hydrogens is 460 g/mol. The molecular formula is C23H38N2O8Si. The van der Waals surface area contributed by atoms with Gasteiger partial charge in [0.1, 0.15) is 18.0 Å². The number of nitrogens with one attached hydrogen (secondary N) is 1. The number of nitrogens with zero attached hydrogens (tertiary/aromatic N) is 1. The number of rotatable bonds is 11. The molecule has 10 nitrogen and oxygen atoms in total. The van der Waals surface area contributed by atoms with Gasteiger partial charge in [-0.2, -0.15) is 0 Å². The van der Waals surface area contributed by atoms with E-state index in [1.165, 1.54) is 23.8 Å². The Bertz CT molecular complexity index is 948. The third kappa shape index (κ3) is 5.94. The Kier molecular flexibility index (Phi) is 9.58. The van der Waals surface area contributed by atoms with Gasteiger partial charge in [-0.15, -0.1) is 0 Å². The molecule has 11 heteroatoms. The van der Waals surface area contributed by atoms with Crippen LogP contribution in [-0.2, 0) is 23.5 Å². The first kappa shape index (κ1) is 28.2. The van der Waals surface area contributed by atoms with Crippen LogP contribution in [0.3, 0.4) is 0 Å². The van der Waals surface area contributed by atoms with Crippen molar-refractivity contribution in [3.8, 4) is 0 Å². The molecule has 0 saturated carbocycles. The fourth-order valence-electron chi connectivity index (χ4n) is 5.11. The van der Waals surface area contributed by atoms with Crippen LogP contribution in [0.4, 0.5) is 0 Å². The van der Waals surface area contributed by atoms with Crippen molar-refractivity contribution in [2.75, 3.05) is 6.61 Å². The fraction of sp³-hybridized carbons (Fsp3) is 0.739. The molecule has 2 N–H and O–H groups in total. The average molecular weight is 499 g/mol. The summed E-state index contributed by atoms with van der Waals surface area (Å²) < 4.78 is 19.8. The van der Waals surface area contributed by atoms with Crippen LogP contribution < -0.4 is 11.2 Å². The number of aromatic nitrogens is 2. The van der Waals surface area contributed by atoms with Gasteiger partial charge < -0.3 is 23.8 Å². The largest absolute Gasteiger partial charge is 0.457 e. The number of aliphatic hydroxyl groups excluding tert-OH is 1. The van der Waals surface area contributed by atoms with Crippen molar-refractivity contribution in [1.82, 2.24) is 9.55 Å². The van der Waals surface area contributed by atoms with E-state index >= 15 is 0 Å². The van der Waals surface area contributed by atoms with Crippen molar-refractivity contribution in [1.29, 1.82) is 0 Å². The average Bonchev–Trinajstić information content (AvgIpc) is 3.06. The molecule has 0 spiro atoms. The van der Waals surface area contributed by atoms with Gasteiger partial charge in [0.05, 0.1) is 13.0 Å². The van der Waals surface area contributed by atoms with Gasteiger partial charge in [-0.25, -0.2) is 4.79 Å².